The molecule has 0 bridgehead atoms. The highest BCUT2D eigenvalue weighted by atomic mass is 16.5. The summed E-state index contributed by atoms with van der Waals surface area (Å²) < 4.78 is 7.45. The Bertz CT molecular complexity index is 318. The normalized spacial score (nSPS) is 12.1. The standard InChI is InChI=1S/C12H23N3O/c1-10(2)13-8-12(3,4)9-16-11-6-14-15(5)7-11/h6-7,10,13H,8-9H2,1-5H3. The number of hydrogen-bond donors (Lipinski definition) is 1. The van der Waals surface area contributed by atoms with Gasteiger partial charge in [0.2, 0.25) is 0 Å². The second-order valence-corrected chi connectivity index (χ2v) is 5.34. The van der Waals surface area contributed by atoms with E-state index in [-0.39, 0.29) is 5.41 Å². The highest BCUT2D eigenvalue weighted by Crippen LogP contribution is 2.17. The molecule has 0 unspecified atom stereocenters. The predicted molar refractivity (Wildman–Crippen MR) is 65.6 cm³/mol. The third kappa shape index (κ3) is 4.66. The van der Waals surface area contributed by atoms with Gasteiger partial charge in [-0.2, -0.15) is 5.10 Å². The monoisotopic (exact) mass is 225 g/mol. The summed E-state index contributed by atoms with van der Waals surface area (Å²) in [5.41, 5.74) is 0.125. The fourth-order valence-electron chi connectivity index (χ4n) is 1.28. The Hall–Kier alpha value is -1.03. The molecule has 0 aromatic carbocycles. The van der Waals surface area contributed by atoms with E-state index < -0.39 is 0 Å². The lowest BCUT2D eigenvalue weighted by Crippen LogP contribution is -2.37. The smallest absolute Gasteiger partial charge is 0.157 e. The van der Waals surface area contributed by atoms with Crippen LogP contribution in [-0.4, -0.2) is 29.0 Å². The minimum absolute atomic E-state index is 0.125. The van der Waals surface area contributed by atoms with E-state index in [1.807, 2.05) is 13.2 Å². The molecule has 0 radical (unpaired) electrons. The molecule has 16 heavy (non-hydrogen) atoms. The van der Waals surface area contributed by atoms with Crippen molar-refractivity contribution in [2.75, 3.05) is 13.2 Å². The van der Waals surface area contributed by atoms with Crippen molar-refractivity contribution >= 4 is 0 Å². The van der Waals surface area contributed by atoms with Crippen LogP contribution >= 0.6 is 0 Å². The van der Waals surface area contributed by atoms with Gasteiger partial charge in [-0.05, 0) is 0 Å². The van der Waals surface area contributed by atoms with E-state index in [0.717, 1.165) is 12.3 Å². The average Bonchev–Trinajstić information content (AvgIpc) is 2.59. The first-order valence-corrected chi connectivity index (χ1v) is 5.74. The number of ether oxygens (including phenoxy) is 1. The molecule has 1 aromatic rings. The van der Waals surface area contributed by atoms with Crippen molar-refractivity contribution in [2.24, 2.45) is 12.5 Å². The van der Waals surface area contributed by atoms with Gasteiger partial charge in [-0.15, -0.1) is 0 Å². The summed E-state index contributed by atoms with van der Waals surface area (Å²) in [6.45, 7) is 10.3. The van der Waals surface area contributed by atoms with Gasteiger partial charge in [0, 0.05) is 25.0 Å². The van der Waals surface area contributed by atoms with Crippen molar-refractivity contribution in [3.63, 3.8) is 0 Å². The van der Waals surface area contributed by atoms with E-state index in [4.69, 9.17) is 4.74 Å². The summed E-state index contributed by atoms with van der Waals surface area (Å²) in [5, 5.41) is 7.49. The Morgan fingerprint density at radius 2 is 2.19 bits per heavy atom. The highest BCUT2D eigenvalue weighted by Gasteiger charge is 2.19. The molecule has 0 saturated heterocycles. The van der Waals surface area contributed by atoms with Crippen molar-refractivity contribution in [3.8, 4) is 5.75 Å². The van der Waals surface area contributed by atoms with Gasteiger partial charge in [0.15, 0.2) is 5.75 Å². The second kappa shape index (κ2) is 5.34. The number of aryl methyl sites for hydroxylation is 1. The van der Waals surface area contributed by atoms with Crippen LogP contribution in [0.5, 0.6) is 5.75 Å². The van der Waals surface area contributed by atoms with Crippen molar-refractivity contribution < 1.29 is 4.74 Å². The maximum atomic E-state index is 5.70. The van der Waals surface area contributed by atoms with Gasteiger partial charge in [-0.25, -0.2) is 0 Å². The molecule has 1 rings (SSSR count). The Morgan fingerprint density at radius 1 is 1.50 bits per heavy atom. The minimum Gasteiger partial charge on any atom is -0.490 e. The van der Waals surface area contributed by atoms with Gasteiger partial charge in [-0.1, -0.05) is 27.7 Å². The largest absolute Gasteiger partial charge is 0.490 e. The lowest BCUT2D eigenvalue weighted by molar-refractivity contribution is 0.173. The maximum Gasteiger partial charge on any atom is 0.157 e. The molecule has 0 saturated carbocycles. The summed E-state index contributed by atoms with van der Waals surface area (Å²) in [7, 11) is 1.89. The minimum atomic E-state index is 0.125. The highest BCUT2D eigenvalue weighted by molar-refractivity contribution is 5.11. The Kier molecular flexibility index (Phi) is 4.35. The summed E-state index contributed by atoms with van der Waals surface area (Å²) in [6, 6.07) is 0.512. The first-order chi connectivity index (χ1) is 7.39. The lowest BCUT2D eigenvalue weighted by atomic mass is 9.94. The van der Waals surface area contributed by atoms with Crippen LogP contribution in [-0.2, 0) is 7.05 Å². The quantitative estimate of drug-likeness (QED) is 0.802. The van der Waals surface area contributed by atoms with Crippen molar-refractivity contribution in [1.29, 1.82) is 0 Å². The molecule has 4 heteroatoms. The number of rotatable bonds is 6. The van der Waals surface area contributed by atoms with E-state index in [1.165, 1.54) is 0 Å². The van der Waals surface area contributed by atoms with Crippen molar-refractivity contribution in [1.82, 2.24) is 15.1 Å². The average molecular weight is 225 g/mol. The molecule has 0 aliphatic heterocycles. The lowest BCUT2D eigenvalue weighted by Gasteiger charge is -2.26. The Balaban J connectivity index is 2.35. The zero-order chi connectivity index (χ0) is 12.2. The summed E-state index contributed by atoms with van der Waals surface area (Å²) in [4.78, 5) is 0. The molecule has 0 atom stereocenters. The summed E-state index contributed by atoms with van der Waals surface area (Å²) >= 11 is 0. The molecular formula is C12H23N3O. The van der Waals surface area contributed by atoms with Crippen LogP contribution in [0.4, 0.5) is 0 Å². The SMILES string of the molecule is CC(C)NCC(C)(C)COc1cnn(C)c1. The molecule has 1 aromatic heterocycles. The number of nitrogens with one attached hydrogen (secondary N) is 1. The number of hydrogen-bond acceptors (Lipinski definition) is 3. The van der Waals surface area contributed by atoms with Gasteiger partial charge in [0.05, 0.1) is 19.0 Å². The summed E-state index contributed by atoms with van der Waals surface area (Å²) in [6.07, 6.45) is 3.62. The van der Waals surface area contributed by atoms with Crippen LogP contribution < -0.4 is 10.1 Å². The molecule has 92 valence electrons. The van der Waals surface area contributed by atoms with Gasteiger partial charge >= 0.3 is 0 Å². The molecule has 0 spiro atoms. The fourth-order valence-corrected chi connectivity index (χ4v) is 1.28. The second-order valence-electron chi connectivity index (χ2n) is 5.34. The van der Waals surface area contributed by atoms with Crippen molar-refractivity contribution in [2.45, 2.75) is 33.7 Å². The van der Waals surface area contributed by atoms with Gasteiger partial charge < -0.3 is 10.1 Å². The van der Waals surface area contributed by atoms with Gasteiger partial charge in [0.1, 0.15) is 0 Å². The Labute approximate surface area is 98.0 Å². The van der Waals surface area contributed by atoms with Gasteiger partial charge in [-0.3, -0.25) is 4.68 Å². The molecule has 1 N–H and O–H groups in total. The number of aromatic nitrogens is 2. The molecular weight excluding hydrogens is 202 g/mol. The maximum absolute atomic E-state index is 5.70. The third-order valence-electron chi connectivity index (χ3n) is 2.30. The van der Waals surface area contributed by atoms with Crippen molar-refractivity contribution in [3.05, 3.63) is 12.4 Å². The van der Waals surface area contributed by atoms with Crippen LogP contribution in [0.15, 0.2) is 12.4 Å². The third-order valence-corrected chi connectivity index (χ3v) is 2.30. The van der Waals surface area contributed by atoms with E-state index in [9.17, 15) is 0 Å². The van der Waals surface area contributed by atoms with E-state index in [0.29, 0.717) is 12.6 Å². The summed E-state index contributed by atoms with van der Waals surface area (Å²) in [5.74, 6) is 0.833. The van der Waals surface area contributed by atoms with E-state index in [2.05, 4.69) is 38.1 Å². The topological polar surface area (TPSA) is 39.1 Å². The van der Waals surface area contributed by atoms with E-state index >= 15 is 0 Å². The number of nitrogens with zero attached hydrogens (tertiary/aromatic N) is 2. The van der Waals surface area contributed by atoms with Crippen LogP contribution in [0.3, 0.4) is 0 Å². The van der Waals surface area contributed by atoms with Crippen LogP contribution in [0.25, 0.3) is 0 Å². The molecule has 0 amide bonds. The predicted octanol–water partition coefficient (Wildman–Crippen LogP) is 1.82. The molecule has 0 aliphatic rings. The molecule has 4 nitrogen and oxygen atoms in total. The van der Waals surface area contributed by atoms with Crippen LogP contribution in [0, 0.1) is 5.41 Å². The van der Waals surface area contributed by atoms with Crippen LogP contribution in [0.2, 0.25) is 0 Å². The van der Waals surface area contributed by atoms with Gasteiger partial charge in [0.25, 0.3) is 0 Å². The zero-order valence-corrected chi connectivity index (χ0v) is 10.9. The zero-order valence-electron chi connectivity index (χ0n) is 10.9. The fraction of sp³-hybridized carbons (Fsp3) is 0.750. The first kappa shape index (κ1) is 13.0. The van der Waals surface area contributed by atoms with Crippen LogP contribution in [0.1, 0.15) is 27.7 Å². The molecule has 0 aliphatic carbocycles. The molecule has 0 fully saturated rings. The first-order valence-electron chi connectivity index (χ1n) is 5.74. The van der Waals surface area contributed by atoms with E-state index in [1.54, 1.807) is 10.9 Å². The Morgan fingerprint density at radius 3 is 2.69 bits per heavy atom. The molecule has 1 heterocycles.